The van der Waals surface area contributed by atoms with Gasteiger partial charge in [-0.15, -0.1) is 0 Å². The number of carbonyl (C=O) groups is 2. The molecule has 0 bridgehead atoms. The molecule has 0 saturated heterocycles. The van der Waals surface area contributed by atoms with E-state index in [-0.39, 0.29) is 5.56 Å². The van der Waals surface area contributed by atoms with Crippen LogP contribution in [-0.2, 0) is 0 Å². The normalized spacial score (nSPS) is 12.5. The number of phenolic OH excluding ortho intramolecular Hbond substituents is 2. The fourth-order valence-electron chi connectivity index (χ4n) is 2.65. The van der Waals surface area contributed by atoms with Gasteiger partial charge >= 0.3 is 11.4 Å². The summed E-state index contributed by atoms with van der Waals surface area (Å²) in [7, 11) is 0. The zero-order valence-electron chi connectivity index (χ0n) is 11.5. The van der Waals surface area contributed by atoms with Crippen molar-refractivity contribution in [3.63, 3.8) is 0 Å². The van der Waals surface area contributed by atoms with Crippen LogP contribution in [0.25, 0.3) is 0 Å². The van der Waals surface area contributed by atoms with E-state index in [4.69, 9.17) is 0 Å². The fraction of sp³-hybridized carbons (Fsp3) is 0. The summed E-state index contributed by atoms with van der Waals surface area (Å²) in [6.07, 6.45) is 0. The Balaban J connectivity index is 2.48. The summed E-state index contributed by atoms with van der Waals surface area (Å²) < 4.78 is 0. The van der Waals surface area contributed by atoms with Crippen molar-refractivity contribution in [2.24, 2.45) is 0 Å². The monoisotopic (exact) mass is 330 g/mol. The number of nitrogens with zero attached hydrogens (tertiary/aromatic N) is 2. The lowest BCUT2D eigenvalue weighted by molar-refractivity contribution is -0.423. The molecule has 1 aliphatic carbocycles. The summed E-state index contributed by atoms with van der Waals surface area (Å²) >= 11 is 0. The van der Waals surface area contributed by atoms with Crippen molar-refractivity contribution in [2.45, 2.75) is 0 Å². The Morgan fingerprint density at radius 1 is 0.792 bits per heavy atom. The van der Waals surface area contributed by atoms with Crippen molar-refractivity contribution in [2.75, 3.05) is 0 Å². The highest BCUT2D eigenvalue weighted by Gasteiger charge is 2.44. The van der Waals surface area contributed by atoms with Crippen LogP contribution in [0.1, 0.15) is 31.8 Å². The molecule has 2 aromatic rings. The molecule has 2 aromatic carbocycles. The van der Waals surface area contributed by atoms with E-state index in [2.05, 4.69) is 0 Å². The van der Waals surface area contributed by atoms with E-state index in [9.17, 15) is 40.0 Å². The fourth-order valence-corrected chi connectivity index (χ4v) is 2.65. The second kappa shape index (κ2) is 4.84. The van der Waals surface area contributed by atoms with Crippen LogP contribution in [0.4, 0.5) is 11.4 Å². The Morgan fingerprint density at radius 3 is 2.00 bits per heavy atom. The van der Waals surface area contributed by atoms with E-state index in [0.29, 0.717) is 6.07 Å². The number of aromatic hydroxyl groups is 2. The van der Waals surface area contributed by atoms with E-state index in [1.165, 1.54) is 12.1 Å². The molecule has 0 spiro atoms. The summed E-state index contributed by atoms with van der Waals surface area (Å²) in [6, 6.07) is 4.27. The molecule has 10 heteroatoms. The van der Waals surface area contributed by atoms with Gasteiger partial charge in [-0.05, 0) is 12.1 Å². The number of rotatable bonds is 2. The number of hydrogen-bond acceptors (Lipinski definition) is 8. The number of hydrogen-bond donors (Lipinski definition) is 2. The van der Waals surface area contributed by atoms with Crippen LogP contribution in [-0.4, -0.2) is 31.6 Å². The van der Waals surface area contributed by atoms with Gasteiger partial charge in [0.25, 0.3) is 0 Å². The Bertz CT molecular complexity index is 979. The summed E-state index contributed by atoms with van der Waals surface area (Å²) in [4.78, 5) is 44.9. The molecule has 0 saturated carbocycles. The molecular weight excluding hydrogens is 324 g/mol. The number of nitro benzene ring substituents is 2. The number of carbonyl (C=O) groups excluding carboxylic acids is 2. The minimum absolute atomic E-state index is 0.213. The maximum absolute atomic E-state index is 12.6. The van der Waals surface area contributed by atoms with Gasteiger partial charge in [0, 0.05) is 11.1 Å². The van der Waals surface area contributed by atoms with Crippen LogP contribution in [0.3, 0.4) is 0 Å². The third-order valence-corrected chi connectivity index (χ3v) is 3.61. The average molecular weight is 330 g/mol. The second-order valence-electron chi connectivity index (χ2n) is 4.89. The lowest BCUT2D eigenvalue weighted by atomic mass is 9.82. The SMILES string of the molecule is O=C1c2cccc(O)c2C(=O)c2c1cc(O)c([N+](=O)[O-])c2[N+](=O)[O-]. The van der Waals surface area contributed by atoms with Crippen molar-refractivity contribution >= 4 is 22.9 Å². The second-order valence-corrected chi connectivity index (χ2v) is 4.89. The highest BCUT2D eigenvalue weighted by molar-refractivity contribution is 6.31. The Kier molecular flexibility index (Phi) is 3.04. The van der Waals surface area contributed by atoms with Gasteiger partial charge < -0.3 is 10.2 Å². The Labute approximate surface area is 131 Å². The molecule has 24 heavy (non-hydrogen) atoms. The van der Waals surface area contributed by atoms with Gasteiger partial charge in [0.1, 0.15) is 11.3 Å². The van der Waals surface area contributed by atoms with Crippen molar-refractivity contribution < 1.29 is 29.6 Å². The molecule has 3 rings (SSSR count). The molecule has 2 N–H and O–H groups in total. The zero-order valence-corrected chi connectivity index (χ0v) is 11.5. The number of ketones is 2. The minimum atomic E-state index is -1.29. The van der Waals surface area contributed by atoms with E-state index < -0.39 is 61.0 Å². The Hall–Kier alpha value is -3.82. The molecule has 0 aliphatic heterocycles. The number of phenols is 2. The number of nitro groups is 2. The van der Waals surface area contributed by atoms with Crippen LogP contribution in [0.2, 0.25) is 0 Å². The van der Waals surface area contributed by atoms with Crippen LogP contribution in [0, 0.1) is 20.2 Å². The van der Waals surface area contributed by atoms with Crippen molar-refractivity contribution in [3.8, 4) is 11.5 Å². The standard InChI is InChI=1S/C14H6N2O8/c17-7-3-1-2-5-9(7)14(20)10-6(13(5)19)4-8(18)11(15(21)22)12(10)16(23)24/h1-4,17-18H. The molecule has 0 radical (unpaired) electrons. The molecule has 120 valence electrons. The van der Waals surface area contributed by atoms with Gasteiger partial charge in [0.05, 0.1) is 15.4 Å². The molecule has 0 unspecified atom stereocenters. The highest BCUT2D eigenvalue weighted by Crippen LogP contribution is 2.45. The third-order valence-electron chi connectivity index (χ3n) is 3.61. The van der Waals surface area contributed by atoms with Crippen molar-refractivity contribution in [1.29, 1.82) is 0 Å². The summed E-state index contributed by atoms with van der Waals surface area (Å²) in [5.41, 5.74) is -4.63. The molecule has 0 aromatic heterocycles. The van der Waals surface area contributed by atoms with Gasteiger partial charge in [-0.25, -0.2) is 0 Å². The smallest absolute Gasteiger partial charge is 0.387 e. The molecule has 0 heterocycles. The van der Waals surface area contributed by atoms with Crippen molar-refractivity contribution in [1.82, 2.24) is 0 Å². The van der Waals surface area contributed by atoms with Crippen LogP contribution in [0.15, 0.2) is 24.3 Å². The van der Waals surface area contributed by atoms with Gasteiger partial charge in [-0.3, -0.25) is 29.8 Å². The predicted octanol–water partition coefficient (Wildman–Crippen LogP) is 1.69. The largest absolute Gasteiger partial charge is 0.507 e. The van der Waals surface area contributed by atoms with E-state index in [0.717, 1.165) is 6.07 Å². The maximum atomic E-state index is 12.6. The molecular formula is C14H6N2O8. The first-order valence-electron chi connectivity index (χ1n) is 6.35. The quantitative estimate of drug-likeness (QED) is 0.530. The minimum Gasteiger partial charge on any atom is -0.507 e. The summed E-state index contributed by atoms with van der Waals surface area (Å²) in [6.45, 7) is 0. The highest BCUT2D eigenvalue weighted by atomic mass is 16.6. The first-order chi connectivity index (χ1) is 11.3. The molecule has 0 fully saturated rings. The average Bonchev–Trinajstić information content (AvgIpc) is 2.50. The van der Waals surface area contributed by atoms with Crippen LogP contribution >= 0.6 is 0 Å². The van der Waals surface area contributed by atoms with Crippen molar-refractivity contribution in [3.05, 3.63) is 66.7 Å². The molecule has 0 amide bonds. The van der Waals surface area contributed by atoms with E-state index in [1.807, 2.05) is 0 Å². The first-order valence-corrected chi connectivity index (χ1v) is 6.35. The van der Waals surface area contributed by atoms with Gasteiger partial charge in [0.15, 0.2) is 5.78 Å². The lowest BCUT2D eigenvalue weighted by Gasteiger charge is -2.18. The van der Waals surface area contributed by atoms with Gasteiger partial charge in [0.2, 0.25) is 11.5 Å². The predicted molar refractivity (Wildman–Crippen MR) is 76.4 cm³/mol. The summed E-state index contributed by atoms with van der Waals surface area (Å²) in [5, 5.41) is 41.8. The van der Waals surface area contributed by atoms with Gasteiger partial charge in [-0.2, -0.15) is 0 Å². The number of benzene rings is 2. The van der Waals surface area contributed by atoms with Crippen LogP contribution in [0.5, 0.6) is 11.5 Å². The lowest BCUT2D eigenvalue weighted by Crippen LogP contribution is -2.23. The van der Waals surface area contributed by atoms with Gasteiger partial charge in [-0.1, -0.05) is 12.1 Å². The van der Waals surface area contributed by atoms with E-state index >= 15 is 0 Å². The molecule has 10 nitrogen and oxygen atoms in total. The summed E-state index contributed by atoms with van der Waals surface area (Å²) in [5.74, 6) is -3.66. The topological polar surface area (TPSA) is 161 Å². The third kappa shape index (κ3) is 1.83. The Morgan fingerprint density at radius 2 is 1.42 bits per heavy atom. The molecule has 1 aliphatic rings. The zero-order chi connectivity index (χ0) is 17.8. The van der Waals surface area contributed by atoms with Crippen LogP contribution < -0.4 is 0 Å². The first kappa shape index (κ1) is 15.1. The maximum Gasteiger partial charge on any atom is 0.387 e. The van der Waals surface area contributed by atoms with E-state index in [1.54, 1.807) is 0 Å². The molecule has 0 atom stereocenters. The number of fused-ring (bicyclic) bond motifs is 2.